The van der Waals surface area contributed by atoms with E-state index < -0.39 is 12.1 Å². The van der Waals surface area contributed by atoms with E-state index in [9.17, 15) is 14.4 Å². The molecule has 1 N–H and O–H groups in total. The number of hydrogen-bond acceptors (Lipinski definition) is 3. The highest BCUT2D eigenvalue weighted by atomic mass is 16.2. The molecule has 0 unspecified atom stereocenters. The van der Waals surface area contributed by atoms with Gasteiger partial charge in [0.15, 0.2) is 0 Å². The van der Waals surface area contributed by atoms with Crippen LogP contribution in [0.5, 0.6) is 0 Å². The maximum atomic E-state index is 12.5. The highest BCUT2D eigenvalue weighted by Crippen LogP contribution is 2.15. The summed E-state index contributed by atoms with van der Waals surface area (Å²) in [6.07, 6.45) is 5.51. The molecule has 0 aromatic heterocycles. The Morgan fingerprint density at radius 3 is 2.40 bits per heavy atom. The summed E-state index contributed by atoms with van der Waals surface area (Å²) in [4.78, 5) is 39.9. The zero-order valence-corrected chi connectivity index (χ0v) is 14.4. The smallest absolute Gasteiger partial charge is 0.325 e. The number of nitrogens with one attached hydrogen (secondary N) is 1. The van der Waals surface area contributed by atoms with Crippen LogP contribution in [-0.4, -0.2) is 53.3 Å². The van der Waals surface area contributed by atoms with E-state index in [1.165, 1.54) is 0 Å². The van der Waals surface area contributed by atoms with Crippen molar-refractivity contribution in [2.24, 2.45) is 0 Å². The van der Waals surface area contributed by atoms with Gasteiger partial charge >= 0.3 is 6.03 Å². The lowest BCUT2D eigenvalue weighted by Crippen LogP contribution is -2.43. The maximum absolute atomic E-state index is 12.5. The van der Waals surface area contributed by atoms with Crippen LogP contribution in [0.4, 0.5) is 4.79 Å². The third-order valence-electron chi connectivity index (χ3n) is 4.92. The van der Waals surface area contributed by atoms with Gasteiger partial charge in [-0.15, -0.1) is 0 Å². The minimum atomic E-state index is -0.537. The van der Waals surface area contributed by atoms with Gasteiger partial charge in [0.25, 0.3) is 5.91 Å². The first-order valence-corrected chi connectivity index (χ1v) is 9.09. The number of carbonyl (C=O) groups is 3. The summed E-state index contributed by atoms with van der Waals surface area (Å²) in [5.41, 5.74) is 1.13. The molecule has 1 aromatic rings. The largest absolute Gasteiger partial charge is 0.341 e. The van der Waals surface area contributed by atoms with Crippen LogP contribution in [0.3, 0.4) is 0 Å². The summed E-state index contributed by atoms with van der Waals surface area (Å²) in [7, 11) is 0. The van der Waals surface area contributed by atoms with Crippen LogP contribution < -0.4 is 5.32 Å². The van der Waals surface area contributed by atoms with Gasteiger partial charge in [0, 0.05) is 13.1 Å². The molecule has 6 nitrogen and oxygen atoms in total. The Kier molecular flexibility index (Phi) is 5.68. The van der Waals surface area contributed by atoms with Crippen LogP contribution in [0.15, 0.2) is 30.3 Å². The lowest BCUT2D eigenvalue weighted by molar-refractivity contribution is -0.137. The van der Waals surface area contributed by atoms with E-state index in [2.05, 4.69) is 5.32 Å². The molecule has 134 valence electrons. The molecule has 2 aliphatic heterocycles. The Labute approximate surface area is 148 Å². The molecule has 2 aliphatic rings. The van der Waals surface area contributed by atoms with E-state index in [0.29, 0.717) is 12.8 Å². The zero-order valence-electron chi connectivity index (χ0n) is 14.4. The molecule has 6 heteroatoms. The van der Waals surface area contributed by atoms with Gasteiger partial charge < -0.3 is 10.2 Å². The number of urea groups is 1. The average molecular weight is 343 g/mol. The van der Waals surface area contributed by atoms with Crippen molar-refractivity contribution in [1.82, 2.24) is 15.1 Å². The standard InChI is InChI=1S/C19H25N3O3/c23-17(21-12-6-1-2-7-13-21)14-22-18(24)16(20-19(22)25)11-10-15-8-4-3-5-9-15/h3-5,8-9,16H,1-2,6-7,10-14H2,(H,20,25)/t16-/m1/s1. The van der Waals surface area contributed by atoms with Crippen LogP contribution in [-0.2, 0) is 16.0 Å². The number of imide groups is 1. The number of hydrogen-bond donors (Lipinski definition) is 1. The third-order valence-corrected chi connectivity index (χ3v) is 4.92. The van der Waals surface area contributed by atoms with E-state index in [-0.39, 0.29) is 18.4 Å². The third kappa shape index (κ3) is 4.38. The molecule has 3 rings (SSSR count). The first kappa shape index (κ1) is 17.5. The molecule has 2 fully saturated rings. The number of carbonyl (C=O) groups excluding carboxylic acids is 3. The number of amides is 4. The monoisotopic (exact) mass is 343 g/mol. The number of benzene rings is 1. The molecular formula is C19H25N3O3. The van der Waals surface area contributed by atoms with E-state index in [1.54, 1.807) is 4.90 Å². The van der Waals surface area contributed by atoms with Crippen LogP contribution >= 0.6 is 0 Å². The van der Waals surface area contributed by atoms with Crippen molar-refractivity contribution in [3.8, 4) is 0 Å². The minimum absolute atomic E-state index is 0.130. The summed E-state index contributed by atoms with van der Waals surface area (Å²) in [5.74, 6) is -0.418. The first-order chi connectivity index (χ1) is 12.1. The van der Waals surface area contributed by atoms with Crippen molar-refractivity contribution in [1.29, 1.82) is 0 Å². The molecule has 2 saturated heterocycles. The highest BCUT2D eigenvalue weighted by Gasteiger charge is 2.39. The molecule has 0 radical (unpaired) electrons. The highest BCUT2D eigenvalue weighted by molar-refractivity contribution is 6.06. The van der Waals surface area contributed by atoms with Gasteiger partial charge in [0.1, 0.15) is 12.6 Å². The summed E-state index contributed by atoms with van der Waals surface area (Å²) in [5, 5.41) is 2.71. The zero-order chi connectivity index (χ0) is 17.6. The predicted molar refractivity (Wildman–Crippen MR) is 93.8 cm³/mol. The van der Waals surface area contributed by atoms with Crippen LogP contribution in [0.25, 0.3) is 0 Å². The van der Waals surface area contributed by atoms with Crippen LogP contribution in [0.2, 0.25) is 0 Å². The molecule has 1 aromatic carbocycles. The molecule has 25 heavy (non-hydrogen) atoms. The fraction of sp³-hybridized carbons (Fsp3) is 0.526. The molecule has 4 amide bonds. The van der Waals surface area contributed by atoms with Gasteiger partial charge in [0.2, 0.25) is 5.91 Å². The van der Waals surface area contributed by atoms with Gasteiger partial charge in [-0.1, -0.05) is 43.2 Å². The number of aryl methyl sites for hydroxylation is 1. The summed E-state index contributed by atoms with van der Waals surface area (Å²) in [6.45, 7) is 1.30. The first-order valence-electron chi connectivity index (χ1n) is 9.09. The fourth-order valence-corrected chi connectivity index (χ4v) is 3.43. The van der Waals surface area contributed by atoms with Crippen molar-refractivity contribution in [3.05, 3.63) is 35.9 Å². The number of likely N-dealkylation sites (tertiary alicyclic amines) is 1. The van der Waals surface area contributed by atoms with E-state index in [1.807, 2.05) is 30.3 Å². The molecular weight excluding hydrogens is 318 g/mol. The Bertz CT molecular complexity index is 624. The Morgan fingerprint density at radius 2 is 1.72 bits per heavy atom. The lowest BCUT2D eigenvalue weighted by Gasteiger charge is -2.22. The lowest BCUT2D eigenvalue weighted by atomic mass is 10.1. The number of nitrogens with zero attached hydrogens (tertiary/aromatic N) is 2. The normalized spacial score (nSPS) is 21.2. The summed E-state index contributed by atoms with van der Waals surface area (Å²) < 4.78 is 0. The predicted octanol–water partition coefficient (Wildman–Crippen LogP) is 1.94. The van der Waals surface area contributed by atoms with Gasteiger partial charge in [-0.2, -0.15) is 0 Å². The van der Waals surface area contributed by atoms with E-state index in [4.69, 9.17) is 0 Å². The molecule has 1 atom stereocenters. The van der Waals surface area contributed by atoms with Crippen molar-refractivity contribution in [3.63, 3.8) is 0 Å². The van der Waals surface area contributed by atoms with Crippen molar-refractivity contribution < 1.29 is 14.4 Å². The Balaban J connectivity index is 1.54. The van der Waals surface area contributed by atoms with Crippen LogP contribution in [0, 0.1) is 0 Å². The molecule has 0 aliphatic carbocycles. The quantitative estimate of drug-likeness (QED) is 0.831. The molecule has 0 spiro atoms. The minimum Gasteiger partial charge on any atom is -0.341 e. The molecule has 0 saturated carbocycles. The summed E-state index contributed by atoms with van der Waals surface area (Å²) in [6, 6.07) is 8.87. The second-order valence-corrected chi connectivity index (χ2v) is 6.75. The van der Waals surface area contributed by atoms with Crippen LogP contribution in [0.1, 0.15) is 37.7 Å². The van der Waals surface area contributed by atoms with E-state index >= 15 is 0 Å². The average Bonchev–Trinajstić information content (AvgIpc) is 2.83. The second kappa shape index (κ2) is 8.14. The van der Waals surface area contributed by atoms with Gasteiger partial charge in [-0.3, -0.25) is 14.5 Å². The molecule has 0 bridgehead atoms. The topological polar surface area (TPSA) is 69.7 Å². The van der Waals surface area contributed by atoms with E-state index in [0.717, 1.165) is 49.2 Å². The van der Waals surface area contributed by atoms with Crippen molar-refractivity contribution in [2.45, 2.75) is 44.6 Å². The van der Waals surface area contributed by atoms with Crippen molar-refractivity contribution in [2.75, 3.05) is 19.6 Å². The summed E-state index contributed by atoms with van der Waals surface area (Å²) >= 11 is 0. The Morgan fingerprint density at radius 1 is 1.04 bits per heavy atom. The SMILES string of the molecule is O=C(CN1C(=O)N[C@H](CCc2ccccc2)C1=O)N1CCCCCC1. The molecule has 2 heterocycles. The van der Waals surface area contributed by atoms with Gasteiger partial charge in [-0.25, -0.2) is 4.79 Å². The maximum Gasteiger partial charge on any atom is 0.325 e. The Hall–Kier alpha value is -2.37. The second-order valence-electron chi connectivity index (χ2n) is 6.75. The van der Waals surface area contributed by atoms with Gasteiger partial charge in [0.05, 0.1) is 0 Å². The van der Waals surface area contributed by atoms with Crippen molar-refractivity contribution >= 4 is 17.8 Å². The fourth-order valence-electron chi connectivity index (χ4n) is 3.43. The number of rotatable bonds is 5. The van der Waals surface area contributed by atoms with Gasteiger partial charge in [-0.05, 0) is 31.2 Å².